The molecule has 4 nitrogen and oxygen atoms in total. The lowest BCUT2D eigenvalue weighted by Crippen LogP contribution is -2.38. The maximum atomic E-state index is 5.88. The molecule has 0 amide bonds. The van der Waals surface area contributed by atoms with Crippen molar-refractivity contribution in [1.29, 1.82) is 0 Å². The largest absolute Gasteiger partial charge is 0.420 e. The van der Waals surface area contributed by atoms with E-state index in [-0.39, 0.29) is 0 Å². The molecule has 0 heterocycles. The summed E-state index contributed by atoms with van der Waals surface area (Å²) in [6.45, 7) is 18.5. The second kappa shape index (κ2) is 13.3. The fourth-order valence-corrected chi connectivity index (χ4v) is 4.51. The third-order valence-corrected chi connectivity index (χ3v) is 9.06. The molecule has 0 saturated heterocycles. The Hall–Kier alpha value is 0.0569. The van der Waals surface area contributed by atoms with Gasteiger partial charge < -0.3 is 19.1 Å². The van der Waals surface area contributed by atoms with E-state index in [0.29, 0.717) is 5.41 Å². The molecule has 0 aliphatic rings. The standard InChI is InChI=1S/C21H49N3OSi/c1-10-22(4)17-13-21(14-18-23(5)11-2,15-19-24(6)12-3)16-20-26(8,9)25-7/h10-20H2,1-9H3. The molecule has 0 aliphatic heterocycles. The number of hydrogen-bond donors (Lipinski definition) is 0. The van der Waals surface area contributed by atoms with E-state index in [1.807, 2.05) is 7.11 Å². The van der Waals surface area contributed by atoms with Crippen LogP contribution in [-0.4, -0.2) is 90.5 Å². The van der Waals surface area contributed by atoms with Gasteiger partial charge in [0, 0.05) is 7.11 Å². The first-order chi connectivity index (χ1) is 12.1. The second-order valence-electron chi connectivity index (χ2n) is 8.90. The van der Waals surface area contributed by atoms with Crippen LogP contribution in [0.15, 0.2) is 0 Å². The van der Waals surface area contributed by atoms with Gasteiger partial charge in [0.1, 0.15) is 0 Å². The Bertz CT molecular complexity index is 316. The fourth-order valence-electron chi connectivity index (χ4n) is 3.18. The molecule has 0 aromatic carbocycles. The minimum atomic E-state index is -1.52. The normalized spacial score (nSPS) is 13.4. The molecule has 26 heavy (non-hydrogen) atoms. The lowest BCUT2D eigenvalue weighted by molar-refractivity contribution is 0.135. The quantitative estimate of drug-likeness (QED) is 0.369. The first-order valence-electron chi connectivity index (χ1n) is 10.7. The summed E-state index contributed by atoms with van der Waals surface area (Å²) >= 11 is 0. The molecule has 5 heteroatoms. The van der Waals surface area contributed by atoms with Gasteiger partial charge in [-0.3, -0.25) is 0 Å². The zero-order valence-electron chi connectivity index (χ0n) is 19.5. The van der Waals surface area contributed by atoms with E-state index in [9.17, 15) is 0 Å². The maximum Gasteiger partial charge on any atom is 0.186 e. The maximum absolute atomic E-state index is 5.88. The summed E-state index contributed by atoms with van der Waals surface area (Å²) in [6.07, 6.45) is 5.23. The number of rotatable bonds is 16. The minimum absolute atomic E-state index is 0.430. The zero-order valence-corrected chi connectivity index (χ0v) is 20.5. The van der Waals surface area contributed by atoms with Crippen molar-refractivity contribution in [1.82, 2.24) is 14.7 Å². The van der Waals surface area contributed by atoms with Gasteiger partial charge in [-0.2, -0.15) is 0 Å². The smallest absolute Gasteiger partial charge is 0.186 e. The van der Waals surface area contributed by atoms with Gasteiger partial charge in [-0.05, 0) is 111 Å². The van der Waals surface area contributed by atoms with Gasteiger partial charge in [-0.15, -0.1) is 0 Å². The van der Waals surface area contributed by atoms with Gasteiger partial charge in [-0.1, -0.05) is 20.8 Å². The summed E-state index contributed by atoms with van der Waals surface area (Å²) in [5.74, 6) is 0. The molecule has 0 radical (unpaired) electrons. The molecule has 0 aliphatic carbocycles. The van der Waals surface area contributed by atoms with Gasteiger partial charge in [0.2, 0.25) is 0 Å². The number of nitrogens with zero attached hydrogens (tertiary/aromatic N) is 3. The lowest BCUT2D eigenvalue weighted by Gasteiger charge is -2.39. The molecule has 0 spiro atoms. The second-order valence-corrected chi connectivity index (χ2v) is 13.3. The first-order valence-corrected chi connectivity index (χ1v) is 13.9. The van der Waals surface area contributed by atoms with Crippen LogP contribution >= 0.6 is 0 Å². The van der Waals surface area contributed by atoms with Crippen LogP contribution in [0.1, 0.15) is 46.5 Å². The predicted molar refractivity (Wildman–Crippen MR) is 120 cm³/mol. The highest BCUT2D eigenvalue weighted by atomic mass is 28.4. The number of hydrogen-bond acceptors (Lipinski definition) is 4. The third-order valence-electron chi connectivity index (χ3n) is 6.50. The summed E-state index contributed by atoms with van der Waals surface area (Å²) in [4.78, 5) is 7.42. The fraction of sp³-hybridized carbons (Fsp3) is 1.00. The summed E-state index contributed by atoms with van der Waals surface area (Å²) in [5.41, 5.74) is 0.430. The molecule has 0 atom stereocenters. The SMILES string of the molecule is CCN(C)CCC(CCN(C)CC)(CCN(C)CC)CC[Si](C)(C)OC. The van der Waals surface area contributed by atoms with Gasteiger partial charge in [0.25, 0.3) is 0 Å². The van der Waals surface area contributed by atoms with Crippen LogP contribution in [0, 0.1) is 5.41 Å². The molecule has 0 aromatic rings. The summed E-state index contributed by atoms with van der Waals surface area (Å²) < 4.78 is 5.88. The Morgan fingerprint density at radius 2 is 1.04 bits per heavy atom. The van der Waals surface area contributed by atoms with Crippen molar-refractivity contribution in [3.05, 3.63) is 0 Å². The Balaban J connectivity index is 5.27. The summed E-state index contributed by atoms with van der Waals surface area (Å²) in [5, 5.41) is 0. The van der Waals surface area contributed by atoms with Gasteiger partial charge >= 0.3 is 0 Å². The lowest BCUT2D eigenvalue weighted by atomic mass is 9.75. The van der Waals surface area contributed by atoms with Crippen LogP contribution in [0.2, 0.25) is 19.1 Å². The topological polar surface area (TPSA) is 19.0 Å². The van der Waals surface area contributed by atoms with Crippen molar-refractivity contribution >= 4 is 8.32 Å². The Morgan fingerprint density at radius 1 is 0.692 bits per heavy atom. The molecular weight excluding hydrogens is 338 g/mol. The van der Waals surface area contributed by atoms with E-state index in [2.05, 4.69) is 69.7 Å². The molecule has 158 valence electrons. The molecule has 0 bridgehead atoms. The van der Waals surface area contributed by atoms with E-state index >= 15 is 0 Å². The summed E-state index contributed by atoms with van der Waals surface area (Å²) in [6, 6.07) is 1.27. The highest BCUT2D eigenvalue weighted by Gasteiger charge is 2.33. The molecule has 0 unspecified atom stereocenters. The van der Waals surface area contributed by atoms with Crippen molar-refractivity contribution < 1.29 is 4.43 Å². The zero-order chi connectivity index (χ0) is 20.2. The van der Waals surface area contributed by atoms with Crippen molar-refractivity contribution in [2.75, 3.05) is 67.5 Å². The average Bonchev–Trinajstić information content (AvgIpc) is 2.65. The van der Waals surface area contributed by atoms with Crippen molar-refractivity contribution in [2.24, 2.45) is 5.41 Å². The predicted octanol–water partition coefficient (Wildman–Crippen LogP) is 4.24. The molecule has 0 saturated carbocycles. The van der Waals surface area contributed by atoms with Crippen LogP contribution < -0.4 is 0 Å². The third kappa shape index (κ3) is 11.0. The van der Waals surface area contributed by atoms with Crippen molar-refractivity contribution in [3.63, 3.8) is 0 Å². The van der Waals surface area contributed by atoms with E-state index < -0.39 is 8.32 Å². The highest BCUT2D eigenvalue weighted by Crippen LogP contribution is 2.39. The van der Waals surface area contributed by atoms with Crippen LogP contribution in [0.4, 0.5) is 0 Å². The van der Waals surface area contributed by atoms with Crippen LogP contribution in [0.25, 0.3) is 0 Å². The van der Waals surface area contributed by atoms with Gasteiger partial charge in [0.15, 0.2) is 8.32 Å². The Morgan fingerprint density at radius 3 is 1.31 bits per heavy atom. The minimum Gasteiger partial charge on any atom is -0.420 e. The molecule has 0 N–H and O–H groups in total. The van der Waals surface area contributed by atoms with Gasteiger partial charge in [0.05, 0.1) is 0 Å². The van der Waals surface area contributed by atoms with Crippen LogP contribution in [0.3, 0.4) is 0 Å². The van der Waals surface area contributed by atoms with E-state index in [4.69, 9.17) is 4.43 Å². The van der Waals surface area contributed by atoms with Crippen LogP contribution in [-0.2, 0) is 4.43 Å². The summed E-state index contributed by atoms with van der Waals surface area (Å²) in [7, 11) is 7.17. The molecular formula is C21H49N3OSi. The molecule has 0 aromatic heterocycles. The highest BCUT2D eigenvalue weighted by molar-refractivity contribution is 6.71. The van der Waals surface area contributed by atoms with E-state index in [1.165, 1.54) is 51.4 Å². The van der Waals surface area contributed by atoms with Gasteiger partial charge in [-0.25, -0.2) is 0 Å². The first kappa shape index (κ1) is 26.1. The van der Waals surface area contributed by atoms with Crippen molar-refractivity contribution in [2.45, 2.75) is 65.6 Å². The monoisotopic (exact) mass is 387 g/mol. The van der Waals surface area contributed by atoms with Crippen LogP contribution in [0.5, 0.6) is 0 Å². The Labute approximate surface area is 166 Å². The molecule has 0 rings (SSSR count). The van der Waals surface area contributed by atoms with E-state index in [1.54, 1.807) is 0 Å². The van der Waals surface area contributed by atoms with Crippen molar-refractivity contribution in [3.8, 4) is 0 Å². The molecule has 0 fully saturated rings. The Kier molecular flexibility index (Phi) is 13.3. The van der Waals surface area contributed by atoms with E-state index in [0.717, 1.165) is 19.6 Å². The average molecular weight is 388 g/mol.